The molecule has 4 atom stereocenters. The number of halogens is 1. The first-order chi connectivity index (χ1) is 16.9. The van der Waals surface area contributed by atoms with Crippen LogP contribution in [0.25, 0.3) is 6.08 Å². The molecule has 2 heterocycles. The van der Waals surface area contributed by atoms with E-state index in [1.165, 1.54) is 19.2 Å². The Labute approximate surface area is 202 Å². The molecule has 0 bridgehead atoms. The molecular formula is C28H22FN3O3. The number of fused-ring (bicyclic) bond motifs is 3. The van der Waals surface area contributed by atoms with Gasteiger partial charge in [0.25, 0.3) is 0 Å². The first-order valence-corrected chi connectivity index (χ1v) is 11.1. The van der Waals surface area contributed by atoms with Crippen LogP contribution >= 0.6 is 0 Å². The molecule has 0 aromatic heterocycles. The topological polar surface area (TPSA) is 96.4 Å². The number of carbonyl (C=O) groups excluding carboxylic acids is 2. The smallest absolute Gasteiger partial charge is 0.241 e. The monoisotopic (exact) mass is 467 g/mol. The van der Waals surface area contributed by atoms with Crippen molar-refractivity contribution in [1.82, 2.24) is 0 Å². The standard InChI is InChI=1S/C28H22FN3O3/c1-35-21-11-7-17(8-12-21)24-25(26(33)18-5-3-2-4-6-18)32-22-13-10-20(29)15-19(22)9-14-23(32)28(24,16-30)27(31)34/h2-15,23-25H,1H3,(H2,31,34)/t23-,24-,25-,28+/m1/s1. The Morgan fingerprint density at radius 1 is 1.09 bits per heavy atom. The second-order valence-electron chi connectivity index (χ2n) is 8.69. The third-order valence-electron chi connectivity index (χ3n) is 6.99. The van der Waals surface area contributed by atoms with E-state index in [4.69, 9.17) is 10.5 Å². The van der Waals surface area contributed by atoms with Crippen LogP contribution in [0.1, 0.15) is 27.4 Å². The van der Waals surface area contributed by atoms with E-state index in [1.54, 1.807) is 77.7 Å². The number of anilines is 1. The van der Waals surface area contributed by atoms with Crippen LogP contribution < -0.4 is 15.4 Å². The number of amides is 1. The third-order valence-corrected chi connectivity index (χ3v) is 6.99. The highest BCUT2D eigenvalue weighted by atomic mass is 19.1. The minimum absolute atomic E-state index is 0.264. The molecule has 0 saturated carbocycles. The molecular weight excluding hydrogens is 445 g/mol. The van der Waals surface area contributed by atoms with Gasteiger partial charge in [0.2, 0.25) is 5.91 Å². The largest absolute Gasteiger partial charge is 0.497 e. The van der Waals surface area contributed by atoms with E-state index in [9.17, 15) is 19.2 Å². The summed E-state index contributed by atoms with van der Waals surface area (Å²) in [5.41, 5.74) is 6.36. The van der Waals surface area contributed by atoms with Gasteiger partial charge >= 0.3 is 0 Å². The van der Waals surface area contributed by atoms with Crippen LogP contribution in [0.2, 0.25) is 0 Å². The average molecular weight is 468 g/mol. The number of hydrogen-bond acceptors (Lipinski definition) is 5. The molecule has 2 aliphatic rings. The van der Waals surface area contributed by atoms with E-state index in [1.807, 2.05) is 0 Å². The molecule has 3 aromatic carbocycles. The predicted molar refractivity (Wildman–Crippen MR) is 129 cm³/mol. The van der Waals surface area contributed by atoms with Gasteiger partial charge in [-0.25, -0.2) is 4.39 Å². The lowest BCUT2D eigenvalue weighted by Gasteiger charge is -2.36. The number of nitrogens with zero attached hydrogens (tertiary/aromatic N) is 2. The molecule has 1 amide bonds. The highest BCUT2D eigenvalue weighted by Crippen LogP contribution is 2.55. The number of primary amides is 1. The lowest BCUT2D eigenvalue weighted by Crippen LogP contribution is -2.49. The van der Waals surface area contributed by atoms with Crippen LogP contribution in [0.15, 0.2) is 78.9 Å². The maximum atomic E-state index is 14.1. The Morgan fingerprint density at radius 2 is 1.80 bits per heavy atom. The predicted octanol–water partition coefficient (Wildman–Crippen LogP) is 4.08. The van der Waals surface area contributed by atoms with Gasteiger partial charge < -0.3 is 15.4 Å². The molecule has 1 saturated heterocycles. The summed E-state index contributed by atoms with van der Waals surface area (Å²) in [7, 11) is 1.54. The average Bonchev–Trinajstić information content (AvgIpc) is 3.20. The second kappa shape index (κ2) is 8.41. The van der Waals surface area contributed by atoms with Gasteiger partial charge in [0.1, 0.15) is 17.6 Å². The summed E-state index contributed by atoms with van der Waals surface area (Å²) in [6.07, 6.45) is 3.35. The van der Waals surface area contributed by atoms with Crippen LogP contribution in [0.5, 0.6) is 5.75 Å². The molecule has 7 heteroatoms. The number of benzene rings is 3. The Balaban J connectivity index is 1.80. The number of methoxy groups -OCH3 is 1. The van der Waals surface area contributed by atoms with Crippen LogP contribution in [-0.4, -0.2) is 30.9 Å². The number of nitrogens with two attached hydrogens (primary N) is 1. The molecule has 6 nitrogen and oxygen atoms in total. The maximum absolute atomic E-state index is 14.1. The summed E-state index contributed by atoms with van der Waals surface area (Å²) in [5.74, 6) is -1.81. The number of hydrogen-bond donors (Lipinski definition) is 1. The maximum Gasteiger partial charge on any atom is 0.241 e. The summed E-state index contributed by atoms with van der Waals surface area (Å²) < 4.78 is 19.3. The Hall–Kier alpha value is -4.44. The quantitative estimate of drug-likeness (QED) is 0.571. The summed E-state index contributed by atoms with van der Waals surface area (Å²) in [6, 6.07) is 20.3. The zero-order chi connectivity index (χ0) is 24.7. The fraction of sp³-hybridized carbons (Fsp3) is 0.179. The van der Waals surface area contributed by atoms with Gasteiger partial charge in [-0.2, -0.15) is 5.26 Å². The Kier molecular flexibility index (Phi) is 5.37. The van der Waals surface area contributed by atoms with Crippen LogP contribution in [0.4, 0.5) is 10.1 Å². The molecule has 5 rings (SSSR count). The van der Waals surface area contributed by atoms with Gasteiger partial charge in [0.15, 0.2) is 11.2 Å². The van der Waals surface area contributed by atoms with E-state index in [2.05, 4.69) is 6.07 Å². The third kappa shape index (κ3) is 3.29. The molecule has 2 N–H and O–H groups in total. The lowest BCUT2D eigenvalue weighted by molar-refractivity contribution is -0.125. The van der Waals surface area contributed by atoms with Gasteiger partial charge in [-0.05, 0) is 35.9 Å². The van der Waals surface area contributed by atoms with Gasteiger partial charge in [0.05, 0.1) is 19.2 Å². The van der Waals surface area contributed by atoms with Crippen molar-refractivity contribution in [1.29, 1.82) is 5.26 Å². The molecule has 1 fully saturated rings. The van der Waals surface area contributed by atoms with Crippen molar-refractivity contribution in [3.63, 3.8) is 0 Å². The van der Waals surface area contributed by atoms with E-state index < -0.39 is 35.1 Å². The van der Waals surface area contributed by atoms with E-state index in [0.717, 1.165) is 0 Å². The van der Waals surface area contributed by atoms with Crippen molar-refractivity contribution in [2.45, 2.75) is 18.0 Å². The van der Waals surface area contributed by atoms with Crippen molar-refractivity contribution >= 4 is 23.5 Å². The SMILES string of the molecule is COc1ccc([C@@H]2[C@H](C(=O)c3ccccc3)N3c4ccc(F)cc4C=C[C@@H]3[C@]2(C#N)C(N)=O)cc1. The van der Waals surface area contributed by atoms with Gasteiger partial charge in [-0.3, -0.25) is 9.59 Å². The molecule has 0 unspecified atom stereocenters. The summed E-state index contributed by atoms with van der Waals surface area (Å²) >= 11 is 0. The van der Waals surface area contributed by atoms with E-state index in [0.29, 0.717) is 28.1 Å². The van der Waals surface area contributed by atoms with Crippen LogP contribution in [0, 0.1) is 22.6 Å². The summed E-state index contributed by atoms with van der Waals surface area (Å²) in [5, 5.41) is 10.5. The molecule has 0 spiro atoms. The molecule has 174 valence electrons. The number of ketones is 1. The number of ether oxygens (including phenoxy) is 1. The number of rotatable bonds is 5. The Bertz CT molecular complexity index is 1380. The molecule has 0 radical (unpaired) electrons. The second-order valence-corrected chi connectivity index (χ2v) is 8.69. The van der Waals surface area contributed by atoms with Crippen molar-refractivity contribution in [2.24, 2.45) is 11.1 Å². The van der Waals surface area contributed by atoms with Crippen LogP contribution in [0.3, 0.4) is 0 Å². The van der Waals surface area contributed by atoms with Crippen molar-refractivity contribution < 1.29 is 18.7 Å². The molecule has 3 aromatic rings. The first kappa shape index (κ1) is 22.4. The fourth-order valence-corrected chi connectivity index (χ4v) is 5.42. The van der Waals surface area contributed by atoms with Gasteiger partial charge in [-0.15, -0.1) is 0 Å². The summed E-state index contributed by atoms with van der Waals surface area (Å²) in [6.45, 7) is 0. The fourth-order valence-electron chi connectivity index (χ4n) is 5.42. The van der Waals surface area contributed by atoms with Crippen molar-refractivity contribution in [3.8, 4) is 11.8 Å². The van der Waals surface area contributed by atoms with Crippen LogP contribution in [-0.2, 0) is 4.79 Å². The highest BCUT2D eigenvalue weighted by molar-refractivity contribution is 6.06. The number of nitriles is 1. The Morgan fingerprint density at radius 3 is 2.43 bits per heavy atom. The van der Waals surface area contributed by atoms with Crippen molar-refractivity contribution in [3.05, 3.63) is 101 Å². The first-order valence-electron chi connectivity index (χ1n) is 11.1. The zero-order valence-corrected chi connectivity index (χ0v) is 18.9. The van der Waals surface area contributed by atoms with E-state index >= 15 is 0 Å². The minimum atomic E-state index is -1.76. The molecule has 2 aliphatic heterocycles. The van der Waals surface area contributed by atoms with Gasteiger partial charge in [0, 0.05) is 22.7 Å². The lowest BCUT2D eigenvalue weighted by atomic mass is 9.67. The van der Waals surface area contributed by atoms with E-state index in [-0.39, 0.29) is 5.78 Å². The summed E-state index contributed by atoms with van der Waals surface area (Å²) in [4.78, 5) is 29.0. The number of Topliss-reactive ketones (excluding diaryl/α,β-unsaturated/α-hetero) is 1. The molecule has 35 heavy (non-hydrogen) atoms. The zero-order valence-electron chi connectivity index (χ0n) is 18.9. The molecule has 0 aliphatic carbocycles. The van der Waals surface area contributed by atoms with Crippen molar-refractivity contribution in [2.75, 3.05) is 12.0 Å². The van der Waals surface area contributed by atoms with Gasteiger partial charge in [-0.1, -0.05) is 54.6 Å². The minimum Gasteiger partial charge on any atom is -0.497 e. The number of carbonyl (C=O) groups is 2. The normalized spacial score (nSPS) is 24.3. The highest BCUT2D eigenvalue weighted by Gasteiger charge is 2.65.